The lowest BCUT2D eigenvalue weighted by atomic mass is 10.2. The Labute approximate surface area is 187 Å². The number of halogens is 1. The van der Waals surface area contributed by atoms with E-state index in [9.17, 15) is 0 Å². The zero-order valence-corrected chi connectivity index (χ0v) is 19.8. The lowest BCUT2D eigenvalue weighted by Crippen LogP contribution is -2.41. The predicted molar refractivity (Wildman–Crippen MR) is 130 cm³/mol. The standard InChI is InChI=1S/C21H35N5O.HI/c1-4-22-21(23-12-16-25(2)13-7-17-27-3)24-18-19-8-10-20(11-9-19)26-14-5-6-15-26;/h5-6,8-11H,4,7,12-18H2,1-3H3,(H2,22,23,24);1H. The van der Waals surface area contributed by atoms with Crippen LogP contribution < -0.4 is 15.5 Å². The fraction of sp³-hybridized carbons (Fsp3) is 0.571. The van der Waals surface area contributed by atoms with Crippen molar-refractivity contribution < 1.29 is 4.74 Å². The number of rotatable bonds is 11. The van der Waals surface area contributed by atoms with Gasteiger partial charge in [-0.05, 0) is 38.1 Å². The molecule has 2 N–H and O–H groups in total. The average molecular weight is 501 g/mol. The molecular formula is C21H36IN5O. The van der Waals surface area contributed by atoms with Crippen molar-refractivity contribution in [3.8, 4) is 0 Å². The van der Waals surface area contributed by atoms with E-state index in [1.165, 1.54) is 11.3 Å². The van der Waals surface area contributed by atoms with Crippen LogP contribution in [-0.4, -0.2) is 70.9 Å². The van der Waals surface area contributed by atoms with E-state index in [1.807, 2.05) is 0 Å². The van der Waals surface area contributed by atoms with Crippen molar-refractivity contribution in [3.63, 3.8) is 0 Å². The molecule has 1 aromatic rings. The monoisotopic (exact) mass is 501 g/mol. The highest BCUT2D eigenvalue weighted by molar-refractivity contribution is 14.0. The molecule has 0 spiro atoms. The zero-order valence-electron chi connectivity index (χ0n) is 17.5. The van der Waals surface area contributed by atoms with Crippen LogP contribution in [0.4, 0.5) is 5.69 Å². The normalized spacial score (nSPS) is 13.7. The molecule has 1 aliphatic heterocycles. The smallest absolute Gasteiger partial charge is 0.191 e. The lowest BCUT2D eigenvalue weighted by Gasteiger charge is -2.18. The highest BCUT2D eigenvalue weighted by Gasteiger charge is 2.07. The van der Waals surface area contributed by atoms with E-state index in [0.29, 0.717) is 6.54 Å². The van der Waals surface area contributed by atoms with Crippen molar-refractivity contribution in [2.24, 2.45) is 4.99 Å². The molecule has 0 fully saturated rings. The largest absolute Gasteiger partial charge is 0.385 e. The van der Waals surface area contributed by atoms with Crippen molar-refractivity contribution in [1.82, 2.24) is 15.5 Å². The summed E-state index contributed by atoms with van der Waals surface area (Å²) in [5.41, 5.74) is 2.49. The first-order valence-corrected chi connectivity index (χ1v) is 9.91. The Bertz CT molecular complexity index is 583. The second kappa shape index (κ2) is 14.6. The van der Waals surface area contributed by atoms with Crippen LogP contribution in [0.15, 0.2) is 41.4 Å². The van der Waals surface area contributed by atoms with Gasteiger partial charge >= 0.3 is 0 Å². The number of nitrogens with zero attached hydrogens (tertiary/aromatic N) is 3. The average Bonchev–Trinajstić information content (AvgIpc) is 3.21. The first kappa shape index (κ1) is 24.7. The number of nitrogens with one attached hydrogen (secondary N) is 2. The molecule has 1 aromatic carbocycles. The topological polar surface area (TPSA) is 52.1 Å². The Hall–Kier alpha value is -1.32. The van der Waals surface area contributed by atoms with Gasteiger partial charge in [0, 0.05) is 58.7 Å². The summed E-state index contributed by atoms with van der Waals surface area (Å²) in [7, 11) is 3.89. The van der Waals surface area contributed by atoms with Crippen LogP contribution in [0.25, 0.3) is 0 Å². The minimum absolute atomic E-state index is 0. The second-order valence-corrected chi connectivity index (χ2v) is 6.81. The first-order valence-electron chi connectivity index (χ1n) is 9.91. The van der Waals surface area contributed by atoms with Crippen LogP contribution in [0, 0.1) is 0 Å². The summed E-state index contributed by atoms with van der Waals surface area (Å²) in [6, 6.07) is 8.72. The maximum absolute atomic E-state index is 5.10. The van der Waals surface area contributed by atoms with Gasteiger partial charge in [0.1, 0.15) is 0 Å². The minimum Gasteiger partial charge on any atom is -0.385 e. The quantitative estimate of drug-likeness (QED) is 0.161. The highest BCUT2D eigenvalue weighted by Crippen LogP contribution is 2.17. The fourth-order valence-electron chi connectivity index (χ4n) is 2.97. The molecule has 1 aliphatic rings. The summed E-state index contributed by atoms with van der Waals surface area (Å²) in [5.74, 6) is 0.871. The summed E-state index contributed by atoms with van der Waals surface area (Å²) < 4.78 is 5.10. The van der Waals surface area contributed by atoms with Gasteiger partial charge in [0.05, 0.1) is 6.54 Å². The van der Waals surface area contributed by atoms with E-state index in [0.717, 1.165) is 58.3 Å². The van der Waals surface area contributed by atoms with E-state index in [2.05, 4.69) is 70.8 Å². The number of methoxy groups -OCH3 is 1. The van der Waals surface area contributed by atoms with Gasteiger partial charge in [-0.15, -0.1) is 24.0 Å². The van der Waals surface area contributed by atoms with Gasteiger partial charge in [-0.3, -0.25) is 0 Å². The van der Waals surface area contributed by atoms with E-state index in [4.69, 9.17) is 9.73 Å². The fourth-order valence-corrected chi connectivity index (χ4v) is 2.97. The van der Waals surface area contributed by atoms with E-state index >= 15 is 0 Å². The number of hydrogen-bond acceptors (Lipinski definition) is 4. The van der Waals surface area contributed by atoms with Gasteiger partial charge in [0.15, 0.2) is 5.96 Å². The number of guanidine groups is 1. The third-order valence-corrected chi connectivity index (χ3v) is 4.56. The maximum Gasteiger partial charge on any atom is 0.191 e. The van der Waals surface area contributed by atoms with Gasteiger partial charge in [-0.2, -0.15) is 0 Å². The van der Waals surface area contributed by atoms with Crippen molar-refractivity contribution in [3.05, 3.63) is 42.0 Å². The van der Waals surface area contributed by atoms with Gasteiger partial charge in [0.25, 0.3) is 0 Å². The molecule has 1 heterocycles. The van der Waals surface area contributed by atoms with E-state index in [1.54, 1.807) is 7.11 Å². The molecule has 2 rings (SSSR count). The Morgan fingerprint density at radius 1 is 1.14 bits per heavy atom. The van der Waals surface area contributed by atoms with Crippen molar-refractivity contribution >= 4 is 35.6 Å². The van der Waals surface area contributed by atoms with Crippen LogP contribution >= 0.6 is 24.0 Å². The van der Waals surface area contributed by atoms with Crippen LogP contribution in [0.3, 0.4) is 0 Å². The predicted octanol–water partition coefficient (Wildman–Crippen LogP) is 2.70. The van der Waals surface area contributed by atoms with Gasteiger partial charge in [-0.1, -0.05) is 24.3 Å². The Morgan fingerprint density at radius 2 is 1.86 bits per heavy atom. The Balaban J connectivity index is 0.00000392. The lowest BCUT2D eigenvalue weighted by molar-refractivity contribution is 0.180. The molecule has 28 heavy (non-hydrogen) atoms. The molecule has 0 bridgehead atoms. The van der Waals surface area contributed by atoms with Crippen LogP contribution in [0.1, 0.15) is 18.9 Å². The number of anilines is 1. The second-order valence-electron chi connectivity index (χ2n) is 6.81. The molecule has 158 valence electrons. The Morgan fingerprint density at radius 3 is 2.50 bits per heavy atom. The summed E-state index contributed by atoms with van der Waals surface area (Å²) in [4.78, 5) is 9.37. The number of aliphatic imine (C=N–C) groups is 1. The van der Waals surface area contributed by atoms with Crippen LogP contribution in [0.2, 0.25) is 0 Å². The molecule has 0 aromatic heterocycles. The van der Waals surface area contributed by atoms with Crippen molar-refractivity contribution in [2.45, 2.75) is 19.9 Å². The summed E-state index contributed by atoms with van der Waals surface area (Å²) in [5, 5.41) is 6.74. The summed E-state index contributed by atoms with van der Waals surface area (Å²) in [6.07, 6.45) is 5.48. The number of likely N-dealkylation sites (N-methyl/N-ethyl adjacent to an activating group) is 1. The zero-order chi connectivity index (χ0) is 19.3. The summed E-state index contributed by atoms with van der Waals surface area (Å²) in [6.45, 7) is 9.35. The van der Waals surface area contributed by atoms with E-state index in [-0.39, 0.29) is 24.0 Å². The molecule has 7 heteroatoms. The van der Waals surface area contributed by atoms with Crippen molar-refractivity contribution in [2.75, 3.05) is 64.9 Å². The van der Waals surface area contributed by atoms with Crippen LogP contribution in [-0.2, 0) is 11.3 Å². The number of benzene rings is 1. The van der Waals surface area contributed by atoms with Crippen LogP contribution in [0.5, 0.6) is 0 Å². The molecule has 0 saturated carbocycles. The molecule has 0 atom stereocenters. The third-order valence-electron chi connectivity index (χ3n) is 4.56. The highest BCUT2D eigenvalue weighted by atomic mass is 127. The minimum atomic E-state index is 0. The molecule has 0 amide bonds. The Kier molecular flexibility index (Phi) is 12.9. The van der Waals surface area contributed by atoms with E-state index < -0.39 is 0 Å². The SMILES string of the molecule is CCNC(=NCc1ccc(N2CC=CC2)cc1)NCCN(C)CCCOC.I. The van der Waals surface area contributed by atoms with Crippen molar-refractivity contribution in [1.29, 1.82) is 0 Å². The first-order chi connectivity index (χ1) is 13.2. The van der Waals surface area contributed by atoms with Gasteiger partial charge in [0.2, 0.25) is 0 Å². The molecule has 0 saturated heterocycles. The third kappa shape index (κ3) is 9.25. The number of ether oxygens (including phenoxy) is 1. The molecule has 0 radical (unpaired) electrons. The van der Waals surface area contributed by atoms with Gasteiger partial charge in [-0.25, -0.2) is 4.99 Å². The molecule has 6 nitrogen and oxygen atoms in total. The number of hydrogen-bond donors (Lipinski definition) is 2. The van der Waals surface area contributed by atoms with Gasteiger partial charge < -0.3 is 25.2 Å². The molecule has 0 aliphatic carbocycles. The summed E-state index contributed by atoms with van der Waals surface area (Å²) >= 11 is 0. The molecule has 0 unspecified atom stereocenters. The molecular weight excluding hydrogens is 465 g/mol. The maximum atomic E-state index is 5.10.